The summed E-state index contributed by atoms with van der Waals surface area (Å²) >= 11 is 0. The van der Waals surface area contributed by atoms with Gasteiger partial charge in [0.05, 0.1) is 6.61 Å². The van der Waals surface area contributed by atoms with Crippen molar-refractivity contribution in [1.29, 1.82) is 0 Å². The molecule has 1 N–H and O–H groups in total. The number of hydrogen-bond acceptors (Lipinski definition) is 2. The Morgan fingerprint density at radius 1 is 1.14 bits per heavy atom. The SMILES string of the molecule is COCc1cccc(NC(=O)c2ccc(C(C)C)cc2)c1. The summed E-state index contributed by atoms with van der Waals surface area (Å²) < 4.78 is 5.10. The first-order valence-corrected chi connectivity index (χ1v) is 7.09. The molecule has 0 aliphatic carbocycles. The van der Waals surface area contributed by atoms with Gasteiger partial charge in [-0.15, -0.1) is 0 Å². The molecule has 0 heterocycles. The van der Waals surface area contributed by atoms with Crippen LogP contribution in [0.2, 0.25) is 0 Å². The van der Waals surface area contributed by atoms with Gasteiger partial charge in [-0.05, 0) is 41.3 Å². The molecule has 0 spiro atoms. The predicted octanol–water partition coefficient (Wildman–Crippen LogP) is 4.21. The molecule has 0 aliphatic heterocycles. The van der Waals surface area contributed by atoms with E-state index in [0.29, 0.717) is 18.1 Å². The van der Waals surface area contributed by atoms with Gasteiger partial charge >= 0.3 is 0 Å². The van der Waals surface area contributed by atoms with Crippen LogP contribution in [0.15, 0.2) is 48.5 Å². The highest BCUT2D eigenvalue weighted by Crippen LogP contribution is 2.16. The molecule has 0 aliphatic rings. The molecule has 0 saturated carbocycles. The van der Waals surface area contributed by atoms with Crippen molar-refractivity contribution in [2.24, 2.45) is 0 Å². The number of hydrogen-bond donors (Lipinski definition) is 1. The van der Waals surface area contributed by atoms with Crippen LogP contribution >= 0.6 is 0 Å². The number of rotatable bonds is 5. The maximum absolute atomic E-state index is 12.2. The molecule has 0 bridgehead atoms. The normalized spacial score (nSPS) is 10.7. The summed E-state index contributed by atoms with van der Waals surface area (Å²) in [7, 11) is 1.65. The van der Waals surface area contributed by atoms with E-state index >= 15 is 0 Å². The smallest absolute Gasteiger partial charge is 0.255 e. The second-order valence-corrected chi connectivity index (χ2v) is 5.36. The van der Waals surface area contributed by atoms with Crippen molar-refractivity contribution in [1.82, 2.24) is 0 Å². The zero-order valence-corrected chi connectivity index (χ0v) is 12.7. The third-order valence-corrected chi connectivity index (χ3v) is 3.34. The highest BCUT2D eigenvalue weighted by Gasteiger charge is 2.07. The van der Waals surface area contributed by atoms with Gasteiger partial charge in [-0.25, -0.2) is 0 Å². The Bertz CT molecular complexity index is 603. The first-order chi connectivity index (χ1) is 10.1. The lowest BCUT2D eigenvalue weighted by molar-refractivity contribution is 0.102. The maximum atomic E-state index is 12.2. The topological polar surface area (TPSA) is 38.3 Å². The number of carbonyl (C=O) groups is 1. The van der Waals surface area contributed by atoms with Gasteiger partial charge in [-0.1, -0.05) is 38.1 Å². The number of nitrogens with one attached hydrogen (secondary N) is 1. The Morgan fingerprint density at radius 3 is 2.48 bits per heavy atom. The van der Waals surface area contributed by atoms with Crippen molar-refractivity contribution >= 4 is 11.6 Å². The Kier molecular flexibility index (Phi) is 5.12. The van der Waals surface area contributed by atoms with Crippen LogP contribution < -0.4 is 5.32 Å². The summed E-state index contributed by atoms with van der Waals surface area (Å²) in [6, 6.07) is 15.4. The minimum Gasteiger partial charge on any atom is -0.380 e. The molecule has 2 rings (SSSR count). The van der Waals surface area contributed by atoms with Gasteiger partial charge in [0, 0.05) is 18.4 Å². The van der Waals surface area contributed by atoms with Crippen LogP contribution in [-0.2, 0) is 11.3 Å². The first kappa shape index (κ1) is 15.3. The molecule has 0 radical (unpaired) electrons. The van der Waals surface area contributed by atoms with Crippen LogP contribution in [0.1, 0.15) is 41.3 Å². The first-order valence-electron chi connectivity index (χ1n) is 7.09. The molecule has 1 amide bonds. The summed E-state index contributed by atoms with van der Waals surface area (Å²) in [5.74, 6) is 0.368. The number of benzene rings is 2. The maximum Gasteiger partial charge on any atom is 0.255 e. The number of anilines is 1. The zero-order valence-electron chi connectivity index (χ0n) is 12.7. The van der Waals surface area contributed by atoms with Crippen molar-refractivity contribution in [3.8, 4) is 0 Å². The van der Waals surface area contributed by atoms with E-state index in [0.717, 1.165) is 11.3 Å². The number of amides is 1. The van der Waals surface area contributed by atoms with E-state index in [4.69, 9.17) is 4.74 Å². The molecule has 2 aromatic rings. The van der Waals surface area contributed by atoms with Crippen LogP contribution in [0.25, 0.3) is 0 Å². The molecule has 0 aromatic heterocycles. The molecule has 0 unspecified atom stereocenters. The molecule has 0 saturated heterocycles. The van der Waals surface area contributed by atoms with E-state index in [1.807, 2.05) is 48.5 Å². The summed E-state index contributed by atoms with van der Waals surface area (Å²) in [6.07, 6.45) is 0. The van der Waals surface area contributed by atoms with E-state index < -0.39 is 0 Å². The minimum absolute atomic E-state index is 0.0973. The Labute approximate surface area is 126 Å². The van der Waals surface area contributed by atoms with Crippen molar-refractivity contribution in [3.63, 3.8) is 0 Å². The third-order valence-electron chi connectivity index (χ3n) is 3.34. The van der Waals surface area contributed by atoms with Gasteiger partial charge in [-0.3, -0.25) is 4.79 Å². The highest BCUT2D eigenvalue weighted by atomic mass is 16.5. The number of methoxy groups -OCH3 is 1. The molecule has 2 aromatic carbocycles. The molecule has 110 valence electrons. The molecular formula is C18H21NO2. The Balaban J connectivity index is 2.08. The lowest BCUT2D eigenvalue weighted by Crippen LogP contribution is -2.12. The second-order valence-electron chi connectivity index (χ2n) is 5.36. The van der Waals surface area contributed by atoms with Crippen LogP contribution in [0.4, 0.5) is 5.69 Å². The van der Waals surface area contributed by atoms with Gasteiger partial charge in [0.1, 0.15) is 0 Å². The lowest BCUT2D eigenvalue weighted by Gasteiger charge is -2.09. The summed E-state index contributed by atoms with van der Waals surface area (Å²) in [5, 5.41) is 2.91. The molecule has 21 heavy (non-hydrogen) atoms. The van der Waals surface area contributed by atoms with Crippen molar-refractivity contribution < 1.29 is 9.53 Å². The molecule has 3 nitrogen and oxygen atoms in total. The minimum atomic E-state index is -0.0973. The molecular weight excluding hydrogens is 262 g/mol. The molecule has 3 heteroatoms. The summed E-state index contributed by atoms with van der Waals surface area (Å²) in [5.41, 5.74) is 3.71. The average molecular weight is 283 g/mol. The van der Waals surface area contributed by atoms with Crippen LogP contribution in [-0.4, -0.2) is 13.0 Å². The highest BCUT2D eigenvalue weighted by molar-refractivity contribution is 6.04. The summed E-state index contributed by atoms with van der Waals surface area (Å²) in [6.45, 7) is 4.81. The van der Waals surface area contributed by atoms with Gasteiger partial charge in [-0.2, -0.15) is 0 Å². The van der Waals surface area contributed by atoms with E-state index in [-0.39, 0.29) is 5.91 Å². The monoisotopic (exact) mass is 283 g/mol. The fourth-order valence-corrected chi connectivity index (χ4v) is 2.13. The molecule has 0 fully saturated rings. The van der Waals surface area contributed by atoms with E-state index in [1.54, 1.807) is 7.11 Å². The van der Waals surface area contributed by atoms with E-state index in [9.17, 15) is 4.79 Å². The average Bonchev–Trinajstić information content (AvgIpc) is 2.48. The standard InChI is InChI=1S/C18H21NO2/c1-13(2)15-7-9-16(10-8-15)18(20)19-17-6-4-5-14(11-17)12-21-3/h4-11,13H,12H2,1-3H3,(H,19,20). The van der Waals surface area contributed by atoms with Gasteiger partial charge in [0.15, 0.2) is 0 Å². The van der Waals surface area contributed by atoms with Crippen molar-refractivity contribution in [2.75, 3.05) is 12.4 Å². The summed E-state index contributed by atoms with van der Waals surface area (Å²) in [4.78, 5) is 12.2. The van der Waals surface area contributed by atoms with Crippen LogP contribution in [0.5, 0.6) is 0 Å². The zero-order chi connectivity index (χ0) is 15.2. The fraction of sp³-hybridized carbons (Fsp3) is 0.278. The number of carbonyl (C=O) groups excluding carboxylic acids is 1. The van der Waals surface area contributed by atoms with Gasteiger partial charge < -0.3 is 10.1 Å². The van der Waals surface area contributed by atoms with Crippen LogP contribution in [0, 0.1) is 0 Å². The van der Waals surface area contributed by atoms with Crippen molar-refractivity contribution in [3.05, 3.63) is 65.2 Å². The number of ether oxygens (including phenoxy) is 1. The fourth-order valence-electron chi connectivity index (χ4n) is 2.13. The van der Waals surface area contributed by atoms with Gasteiger partial charge in [0.25, 0.3) is 5.91 Å². The predicted molar refractivity (Wildman–Crippen MR) is 85.6 cm³/mol. The molecule has 0 atom stereocenters. The van der Waals surface area contributed by atoms with Gasteiger partial charge in [0.2, 0.25) is 0 Å². The Hall–Kier alpha value is -2.13. The lowest BCUT2D eigenvalue weighted by atomic mass is 10.0. The second kappa shape index (κ2) is 7.04. The quantitative estimate of drug-likeness (QED) is 0.892. The third kappa shape index (κ3) is 4.17. The Morgan fingerprint density at radius 2 is 1.86 bits per heavy atom. The van der Waals surface area contributed by atoms with Crippen LogP contribution in [0.3, 0.4) is 0 Å². The van der Waals surface area contributed by atoms with Crippen molar-refractivity contribution in [2.45, 2.75) is 26.4 Å². The largest absolute Gasteiger partial charge is 0.380 e. The van der Waals surface area contributed by atoms with E-state index in [2.05, 4.69) is 19.2 Å². The van der Waals surface area contributed by atoms with E-state index in [1.165, 1.54) is 5.56 Å².